The number of anilines is 2. The minimum atomic E-state index is -0.830. The van der Waals surface area contributed by atoms with Gasteiger partial charge in [-0.25, -0.2) is 4.39 Å². The molecule has 1 unspecified atom stereocenters. The predicted molar refractivity (Wildman–Crippen MR) is 133 cm³/mol. The smallest absolute Gasteiger partial charge is 0.243 e. The Morgan fingerprint density at radius 1 is 1.00 bits per heavy atom. The second-order valence-corrected chi connectivity index (χ2v) is 9.18. The van der Waals surface area contributed by atoms with Crippen LogP contribution in [0.15, 0.2) is 42.5 Å². The van der Waals surface area contributed by atoms with E-state index in [9.17, 15) is 18.8 Å². The van der Waals surface area contributed by atoms with Crippen LogP contribution in [0.3, 0.4) is 0 Å². The molecule has 0 bridgehead atoms. The van der Waals surface area contributed by atoms with E-state index in [0.29, 0.717) is 31.9 Å². The third-order valence-corrected chi connectivity index (χ3v) is 6.74. The van der Waals surface area contributed by atoms with Crippen LogP contribution in [0.4, 0.5) is 15.8 Å². The van der Waals surface area contributed by atoms with Crippen molar-refractivity contribution >= 4 is 29.1 Å². The van der Waals surface area contributed by atoms with E-state index in [0.717, 1.165) is 29.9 Å². The lowest BCUT2D eigenvalue weighted by Gasteiger charge is -2.39. The highest BCUT2D eigenvalue weighted by Crippen LogP contribution is 2.19. The first-order valence-corrected chi connectivity index (χ1v) is 12.0. The highest BCUT2D eigenvalue weighted by atomic mass is 19.1. The van der Waals surface area contributed by atoms with Gasteiger partial charge in [-0.05, 0) is 61.4 Å². The molecular weight excluding hydrogens is 449 g/mol. The lowest BCUT2D eigenvalue weighted by Crippen LogP contribution is -2.60. The van der Waals surface area contributed by atoms with Crippen molar-refractivity contribution in [1.29, 1.82) is 0 Å². The molecule has 2 heterocycles. The fraction of sp³-hybridized carbons (Fsp3) is 0.423. The van der Waals surface area contributed by atoms with Crippen LogP contribution in [-0.4, -0.2) is 79.4 Å². The maximum Gasteiger partial charge on any atom is 0.243 e. The van der Waals surface area contributed by atoms with Gasteiger partial charge < -0.3 is 20.4 Å². The molecule has 35 heavy (non-hydrogen) atoms. The van der Waals surface area contributed by atoms with Gasteiger partial charge in [-0.15, -0.1) is 0 Å². The number of nitrogens with one attached hydrogen (secondary N) is 2. The number of carbonyl (C=O) groups excluding carboxylic acids is 3. The van der Waals surface area contributed by atoms with Crippen LogP contribution in [0.25, 0.3) is 0 Å². The minimum absolute atomic E-state index is 0.0944. The number of hydrogen-bond donors (Lipinski definition) is 2. The summed E-state index contributed by atoms with van der Waals surface area (Å²) in [6.07, 6.45) is -0.0944. The first-order valence-electron chi connectivity index (χ1n) is 12.0. The molecule has 2 aliphatic rings. The zero-order chi connectivity index (χ0) is 24.9. The van der Waals surface area contributed by atoms with E-state index >= 15 is 0 Å². The van der Waals surface area contributed by atoms with Crippen LogP contribution in [0.1, 0.15) is 17.5 Å². The summed E-state index contributed by atoms with van der Waals surface area (Å²) in [5, 5.41) is 5.62. The number of hydrogen-bond acceptors (Lipinski definition) is 5. The van der Waals surface area contributed by atoms with Crippen molar-refractivity contribution in [3.8, 4) is 0 Å². The van der Waals surface area contributed by atoms with Crippen LogP contribution in [-0.2, 0) is 14.4 Å². The van der Waals surface area contributed by atoms with Crippen LogP contribution in [0.5, 0.6) is 0 Å². The topological polar surface area (TPSA) is 85.0 Å². The number of benzene rings is 2. The van der Waals surface area contributed by atoms with Gasteiger partial charge in [0.25, 0.3) is 0 Å². The van der Waals surface area contributed by atoms with Gasteiger partial charge in [-0.3, -0.25) is 19.3 Å². The van der Waals surface area contributed by atoms with E-state index in [1.54, 1.807) is 12.1 Å². The minimum Gasteiger partial charge on any atom is -0.369 e. The van der Waals surface area contributed by atoms with E-state index < -0.39 is 6.04 Å². The van der Waals surface area contributed by atoms with Crippen LogP contribution in [0, 0.1) is 19.7 Å². The summed E-state index contributed by atoms with van der Waals surface area (Å²) >= 11 is 0. The van der Waals surface area contributed by atoms with Gasteiger partial charge in [0.1, 0.15) is 11.9 Å². The first kappa shape index (κ1) is 24.7. The molecule has 0 radical (unpaired) electrons. The van der Waals surface area contributed by atoms with Crippen molar-refractivity contribution < 1.29 is 18.8 Å². The maximum atomic E-state index is 13.2. The molecule has 186 valence electrons. The van der Waals surface area contributed by atoms with Crippen LogP contribution in [0.2, 0.25) is 0 Å². The zero-order valence-electron chi connectivity index (χ0n) is 20.2. The summed E-state index contributed by atoms with van der Waals surface area (Å²) in [6, 6.07) is 11.2. The van der Waals surface area contributed by atoms with Crippen molar-refractivity contribution in [3.63, 3.8) is 0 Å². The molecule has 8 nitrogen and oxygen atoms in total. The first-order chi connectivity index (χ1) is 16.8. The monoisotopic (exact) mass is 481 g/mol. The Balaban J connectivity index is 1.32. The van der Waals surface area contributed by atoms with E-state index in [4.69, 9.17) is 0 Å². The van der Waals surface area contributed by atoms with E-state index in [2.05, 4.69) is 20.4 Å². The number of carbonyl (C=O) groups is 3. The van der Waals surface area contributed by atoms with Crippen molar-refractivity contribution in [3.05, 3.63) is 59.4 Å². The zero-order valence-corrected chi connectivity index (χ0v) is 20.2. The van der Waals surface area contributed by atoms with Crippen LogP contribution >= 0.6 is 0 Å². The number of amides is 3. The normalized spacial score (nSPS) is 18.8. The third-order valence-electron chi connectivity index (χ3n) is 6.74. The average Bonchev–Trinajstić information content (AvgIpc) is 2.84. The molecule has 2 aliphatic heterocycles. The molecule has 2 fully saturated rings. The Morgan fingerprint density at radius 2 is 1.71 bits per heavy atom. The SMILES string of the molecule is Cc1ccc(NC(=O)CC2C(=O)NCCN2C(=O)CN2CCN(c3ccc(F)cc3)CC2)cc1C. The van der Waals surface area contributed by atoms with Crippen molar-refractivity contribution in [2.75, 3.05) is 56.0 Å². The molecule has 0 saturated carbocycles. The van der Waals surface area contributed by atoms with Gasteiger partial charge in [0, 0.05) is 50.6 Å². The molecular formula is C26H32FN5O3. The second kappa shape index (κ2) is 10.9. The van der Waals surface area contributed by atoms with Gasteiger partial charge in [0.15, 0.2) is 0 Å². The molecule has 9 heteroatoms. The predicted octanol–water partition coefficient (Wildman–Crippen LogP) is 1.92. The van der Waals surface area contributed by atoms with E-state index in [1.807, 2.05) is 32.0 Å². The summed E-state index contributed by atoms with van der Waals surface area (Å²) in [5.41, 5.74) is 3.82. The van der Waals surface area contributed by atoms with Gasteiger partial charge in [0.05, 0.1) is 13.0 Å². The molecule has 1 atom stereocenters. The van der Waals surface area contributed by atoms with E-state index in [1.165, 1.54) is 17.0 Å². The molecule has 0 spiro atoms. The quantitative estimate of drug-likeness (QED) is 0.659. The van der Waals surface area contributed by atoms with Crippen molar-refractivity contribution in [2.45, 2.75) is 26.3 Å². The fourth-order valence-corrected chi connectivity index (χ4v) is 4.52. The summed E-state index contributed by atoms with van der Waals surface area (Å²) in [5.74, 6) is -1.03. The summed E-state index contributed by atoms with van der Waals surface area (Å²) in [7, 11) is 0. The summed E-state index contributed by atoms with van der Waals surface area (Å²) in [4.78, 5) is 44.2. The Kier molecular flexibility index (Phi) is 7.65. The molecule has 2 N–H and O–H groups in total. The van der Waals surface area contributed by atoms with Crippen molar-refractivity contribution in [1.82, 2.24) is 15.1 Å². The van der Waals surface area contributed by atoms with Gasteiger partial charge in [0.2, 0.25) is 17.7 Å². The average molecular weight is 482 g/mol. The summed E-state index contributed by atoms with van der Waals surface area (Å²) < 4.78 is 13.2. The van der Waals surface area contributed by atoms with Gasteiger partial charge in [-0.2, -0.15) is 0 Å². The Labute approximate surface area is 205 Å². The highest BCUT2D eigenvalue weighted by Gasteiger charge is 2.35. The molecule has 2 aromatic carbocycles. The Hall–Kier alpha value is -3.46. The lowest BCUT2D eigenvalue weighted by atomic mass is 10.1. The van der Waals surface area contributed by atoms with Gasteiger partial charge >= 0.3 is 0 Å². The molecule has 0 aromatic heterocycles. The molecule has 2 saturated heterocycles. The lowest BCUT2D eigenvalue weighted by molar-refractivity contribution is -0.145. The number of halogens is 1. The second-order valence-electron chi connectivity index (χ2n) is 9.18. The number of rotatable bonds is 6. The molecule has 3 amide bonds. The highest BCUT2D eigenvalue weighted by molar-refractivity contribution is 5.97. The third kappa shape index (κ3) is 6.16. The number of piperazine rings is 2. The Bertz CT molecular complexity index is 1080. The summed E-state index contributed by atoms with van der Waals surface area (Å²) in [6.45, 7) is 7.73. The van der Waals surface area contributed by atoms with Gasteiger partial charge in [-0.1, -0.05) is 6.07 Å². The Morgan fingerprint density at radius 3 is 2.40 bits per heavy atom. The standard InChI is InChI=1S/C26H32FN5O3/c1-18-3-6-21(15-19(18)2)29-24(33)16-23-26(35)28-9-10-32(23)25(34)17-30-11-13-31(14-12-30)22-7-4-20(27)5-8-22/h3-8,15,23H,9-14,16-17H2,1-2H3,(H,28,35)(H,29,33). The van der Waals surface area contributed by atoms with Crippen LogP contribution < -0.4 is 15.5 Å². The number of nitrogens with zero attached hydrogens (tertiary/aromatic N) is 3. The number of aryl methyl sites for hydroxylation is 2. The van der Waals surface area contributed by atoms with Crippen molar-refractivity contribution in [2.24, 2.45) is 0 Å². The molecule has 4 rings (SSSR count). The molecule has 2 aromatic rings. The molecule has 0 aliphatic carbocycles. The maximum absolute atomic E-state index is 13.2. The largest absolute Gasteiger partial charge is 0.369 e. The van der Waals surface area contributed by atoms with E-state index in [-0.39, 0.29) is 36.5 Å². The fourth-order valence-electron chi connectivity index (χ4n) is 4.52.